The fourth-order valence-electron chi connectivity index (χ4n) is 4.17. The van der Waals surface area contributed by atoms with E-state index in [1.807, 2.05) is 6.07 Å². The monoisotopic (exact) mass is 401 g/mol. The number of carbonyl (C=O) groups excluding carboxylic acids is 1. The minimum Gasteiger partial charge on any atom is -0.504 e. The molecule has 2 aliphatic heterocycles. The van der Waals surface area contributed by atoms with Crippen LogP contribution in [0.1, 0.15) is 33.6 Å². The Balaban J connectivity index is 1.87. The third-order valence-corrected chi connectivity index (χ3v) is 5.44. The molecule has 0 unspecified atom stereocenters. The lowest BCUT2D eigenvalue weighted by Crippen LogP contribution is -2.40. The lowest BCUT2D eigenvalue weighted by atomic mass is 9.93. The van der Waals surface area contributed by atoms with Gasteiger partial charge in [0.1, 0.15) is 6.10 Å². The number of fused-ring (bicyclic) bond motifs is 3. The predicted molar refractivity (Wildman–Crippen MR) is 103 cm³/mol. The first-order valence-corrected chi connectivity index (χ1v) is 9.18. The molecular weight excluding hydrogens is 378 g/mol. The smallest absolute Gasteiger partial charge is 0.258 e. The van der Waals surface area contributed by atoms with E-state index in [-0.39, 0.29) is 17.7 Å². The first kappa shape index (κ1) is 19.2. The average molecular weight is 401 g/mol. The zero-order chi connectivity index (χ0) is 20.7. The van der Waals surface area contributed by atoms with E-state index in [2.05, 4.69) is 0 Å². The van der Waals surface area contributed by atoms with Crippen molar-refractivity contribution < 1.29 is 33.6 Å². The lowest BCUT2D eigenvalue weighted by molar-refractivity contribution is -0.0571. The van der Waals surface area contributed by atoms with Crippen LogP contribution in [0.3, 0.4) is 0 Å². The van der Waals surface area contributed by atoms with Crippen LogP contribution in [0.15, 0.2) is 24.3 Å². The van der Waals surface area contributed by atoms with Crippen LogP contribution in [0.2, 0.25) is 0 Å². The van der Waals surface area contributed by atoms with Gasteiger partial charge in [-0.3, -0.25) is 4.79 Å². The van der Waals surface area contributed by atoms with Crippen LogP contribution < -0.4 is 18.9 Å². The van der Waals surface area contributed by atoms with Gasteiger partial charge in [-0.25, -0.2) is 0 Å². The second-order valence-corrected chi connectivity index (χ2v) is 6.78. The van der Waals surface area contributed by atoms with Crippen LogP contribution in [0, 0.1) is 0 Å². The summed E-state index contributed by atoms with van der Waals surface area (Å²) >= 11 is 0. The molecule has 2 aromatic rings. The SMILES string of the molecule is COc1ccc([C@H]2OCCN3C(=O)c4c(cc(OC)c(OC)c4OC)[C@H]23)cc1O. The Morgan fingerprint density at radius 2 is 1.72 bits per heavy atom. The van der Waals surface area contributed by atoms with Gasteiger partial charge < -0.3 is 33.7 Å². The Bertz CT molecular complexity index is 959. The highest BCUT2D eigenvalue weighted by molar-refractivity contribution is 6.03. The lowest BCUT2D eigenvalue weighted by Gasteiger charge is -2.37. The number of phenolic OH excluding ortho intramolecular Hbond substituents is 1. The highest BCUT2D eigenvalue weighted by Gasteiger charge is 2.47. The molecule has 8 nitrogen and oxygen atoms in total. The molecule has 0 radical (unpaired) electrons. The van der Waals surface area contributed by atoms with E-state index in [0.29, 0.717) is 41.7 Å². The van der Waals surface area contributed by atoms with Gasteiger partial charge in [0, 0.05) is 6.54 Å². The van der Waals surface area contributed by atoms with Gasteiger partial charge in [-0.15, -0.1) is 0 Å². The van der Waals surface area contributed by atoms with Gasteiger partial charge in [0.15, 0.2) is 23.0 Å². The van der Waals surface area contributed by atoms with Crippen molar-refractivity contribution in [1.29, 1.82) is 0 Å². The van der Waals surface area contributed by atoms with Crippen molar-refractivity contribution in [2.45, 2.75) is 12.1 Å². The number of methoxy groups -OCH3 is 4. The molecule has 0 bridgehead atoms. The minimum atomic E-state index is -0.464. The van der Waals surface area contributed by atoms with Gasteiger partial charge in [-0.1, -0.05) is 6.07 Å². The summed E-state index contributed by atoms with van der Waals surface area (Å²) in [6.45, 7) is 0.828. The molecule has 2 heterocycles. The maximum absolute atomic E-state index is 13.2. The molecule has 29 heavy (non-hydrogen) atoms. The van der Waals surface area contributed by atoms with E-state index in [1.165, 1.54) is 28.4 Å². The highest BCUT2D eigenvalue weighted by atomic mass is 16.5. The second kappa shape index (κ2) is 7.36. The average Bonchev–Trinajstić information content (AvgIpc) is 3.04. The molecule has 8 heteroatoms. The van der Waals surface area contributed by atoms with Crippen LogP contribution >= 0.6 is 0 Å². The Labute approximate surface area is 168 Å². The van der Waals surface area contributed by atoms with E-state index in [0.717, 1.165) is 11.1 Å². The van der Waals surface area contributed by atoms with Gasteiger partial charge >= 0.3 is 0 Å². The molecule has 1 saturated heterocycles. The molecule has 0 aliphatic carbocycles. The summed E-state index contributed by atoms with van der Waals surface area (Å²) in [4.78, 5) is 15.0. The van der Waals surface area contributed by atoms with Crippen molar-refractivity contribution >= 4 is 5.91 Å². The molecule has 1 N–H and O–H groups in total. The van der Waals surface area contributed by atoms with Gasteiger partial charge in [-0.2, -0.15) is 0 Å². The van der Waals surface area contributed by atoms with Crippen molar-refractivity contribution in [3.8, 4) is 28.7 Å². The first-order chi connectivity index (χ1) is 14.0. The fraction of sp³-hybridized carbons (Fsp3) is 0.381. The maximum atomic E-state index is 13.2. The Kier molecular flexibility index (Phi) is 4.87. The summed E-state index contributed by atoms with van der Waals surface area (Å²) in [7, 11) is 6.03. The highest BCUT2D eigenvalue weighted by Crippen LogP contribution is 2.53. The number of nitrogens with zero attached hydrogens (tertiary/aromatic N) is 1. The predicted octanol–water partition coefficient (Wildman–Crippen LogP) is 2.70. The standard InChI is InChI=1S/C21H23NO7/c1-25-14-6-5-11(9-13(14)23)18-17-12-10-15(26-2)19(27-3)20(28-4)16(12)21(24)22(17)7-8-29-18/h5-6,9-10,17-18,23H,7-8H2,1-4H3/t17-,18-/m1/s1. The number of aromatic hydroxyl groups is 1. The first-order valence-electron chi connectivity index (χ1n) is 9.18. The molecule has 0 spiro atoms. The summed E-state index contributed by atoms with van der Waals surface area (Å²) in [6.07, 6.45) is -0.464. The van der Waals surface area contributed by atoms with Gasteiger partial charge in [0.25, 0.3) is 5.91 Å². The molecule has 2 aromatic carbocycles. The summed E-state index contributed by atoms with van der Waals surface area (Å²) in [5.74, 6) is 1.44. The normalized spacial score (nSPS) is 20.1. The number of phenols is 1. The number of rotatable bonds is 5. The molecule has 4 rings (SSSR count). The van der Waals surface area contributed by atoms with E-state index in [1.54, 1.807) is 23.1 Å². The van der Waals surface area contributed by atoms with Crippen LogP contribution in [0.4, 0.5) is 0 Å². The van der Waals surface area contributed by atoms with E-state index < -0.39 is 6.10 Å². The number of ether oxygens (including phenoxy) is 5. The number of carbonyl (C=O) groups is 1. The minimum absolute atomic E-state index is 0.0140. The van der Waals surface area contributed by atoms with Crippen LogP contribution in [0.25, 0.3) is 0 Å². The quantitative estimate of drug-likeness (QED) is 0.824. The van der Waals surface area contributed by atoms with Crippen LogP contribution in [-0.4, -0.2) is 57.5 Å². The molecular formula is C21H23NO7. The Morgan fingerprint density at radius 3 is 2.34 bits per heavy atom. The van der Waals surface area contributed by atoms with Crippen molar-refractivity contribution in [2.75, 3.05) is 41.6 Å². The third kappa shape index (κ3) is 2.82. The maximum Gasteiger partial charge on any atom is 0.258 e. The van der Waals surface area contributed by atoms with E-state index in [4.69, 9.17) is 23.7 Å². The number of hydrogen-bond acceptors (Lipinski definition) is 7. The molecule has 1 amide bonds. The third-order valence-electron chi connectivity index (χ3n) is 5.44. The molecule has 2 atom stereocenters. The molecule has 0 saturated carbocycles. The zero-order valence-electron chi connectivity index (χ0n) is 16.7. The Hall–Kier alpha value is -3.13. The topological polar surface area (TPSA) is 86.7 Å². The van der Waals surface area contributed by atoms with Crippen molar-refractivity contribution in [3.05, 3.63) is 41.0 Å². The summed E-state index contributed by atoms with van der Waals surface area (Å²) in [5, 5.41) is 10.2. The number of benzene rings is 2. The van der Waals surface area contributed by atoms with E-state index in [9.17, 15) is 9.90 Å². The zero-order valence-corrected chi connectivity index (χ0v) is 16.7. The summed E-state index contributed by atoms with van der Waals surface area (Å²) in [6, 6.07) is 6.53. The van der Waals surface area contributed by atoms with Crippen molar-refractivity contribution in [3.63, 3.8) is 0 Å². The number of hydrogen-bond donors (Lipinski definition) is 1. The van der Waals surface area contributed by atoms with Crippen molar-refractivity contribution in [2.24, 2.45) is 0 Å². The number of morpholine rings is 1. The fourth-order valence-corrected chi connectivity index (χ4v) is 4.17. The summed E-state index contributed by atoms with van der Waals surface area (Å²) in [5.41, 5.74) is 1.93. The van der Waals surface area contributed by atoms with Crippen LogP contribution in [0.5, 0.6) is 28.7 Å². The van der Waals surface area contributed by atoms with Crippen molar-refractivity contribution in [1.82, 2.24) is 4.90 Å². The van der Waals surface area contributed by atoms with Gasteiger partial charge in [0.05, 0.1) is 46.7 Å². The molecule has 0 aromatic heterocycles. The van der Waals surface area contributed by atoms with Gasteiger partial charge in [-0.05, 0) is 29.3 Å². The Morgan fingerprint density at radius 1 is 1.00 bits per heavy atom. The molecule has 154 valence electrons. The molecule has 2 aliphatic rings. The molecule has 1 fully saturated rings. The van der Waals surface area contributed by atoms with Gasteiger partial charge in [0.2, 0.25) is 5.75 Å². The number of amides is 1. The summed E-state index contributed by atoms with van der Waals surface area (Å²) < 4.78 is 27.6. The second-order valence-electron chi connectivity index (χ2n) is 6.78. The van der Waals surface area contributed by atoms with E-state index >= 15 is 0 Å². The van der Waals surface area contributed by atoms with Crippen LogP contribution in [-0.2, 0) is 4.74 Å². The largest absolute Gasteiger partial charge is 0.504 e.